The molecule has 0 aliphatic heterocycles. The molecule has 0 fully saturated rings. The van der Waals surface area contributed by atoms with Crippen molar-refractivity contribution in [3.05, 3.63) is 16.7 Å². The summed E-state index contributed by atoms with van der Waals surface area (Å²) in [6.45, 7) is 3.93. The van der Waals surface area contributed by atoms with Crippen LogP contribution in [0.1, 0.15) is 20.3 Å². The second kappa shape index (κ2) is 3.35. The molecule has 0 atom stereocenters. The molecular weight excluding hydrogens is 88.1 g/mol. The molecule has 0 bridgehead atoms. The van der Waals surface area contributed by atoms with Crippen LogP contribution in [-0.2, 0) is 0 Å². The summed E-state index contributed by atoms with van der Waals surface area (Å²) in [6, 6.07) is 0. The van der Waals surface area contributed by atoms with Crippen molar-refractivity contribution >= 4 is 0 Å². The molecule has 0 aliphatic carbocycles. The number of hydrogen-bond donors (Lipinski definition) is 0. The van der Waals surface area contributed by atoms with E-state index in [2.05, 4.69) is 4.98 Å². The summed E-state index contributed by atoms with van der Waals surface area (Å²) in [5.41, 5.74) is 1.09. The van der Waals surface area contributed by atoms with Gasteiger partial charge in [-0.05, 0) is 13.3 Å². The Bertz CT molecular complexity index is 108. The second-order valence-corrected chi connectivity index (χ2v) is 1.44. The van der Waals surface area contributed by atoms with E-state index in [-0.39, 0.29) is 0 Å². The van der Waals surface area contributed by atoms with E-state index in [0.29, 0.717) is 0 Å². The number of diazo groups is 1. The Kier molecular flexibility index (Phi) is 2.95. The molecule has 38 valence electrons. The van der Waals surface area contributed by atoms with E-state index in [0.717, 1.165) is 12.0 Å². The van der Waals surface area contributed by atoms with Gasteiger partial charge in [0.15, 0.2) is 4.98 Å². The second-order valence-electron chi connectivity index (χ2n) is 1.44. The van der Waals surface area contributed by atoms with Gasteiger partial charge in [0.25, 0.3) is 0 Å². The predicted molar refractivity (Wildman–Crippen MR) is 29.1 cm³/mol. The minimum absolute atomic E-state index is 0.948. The summed E-state index contributed by atoms with van der Waals surface area (Å²) in [4.78, 5) is 2.84. The van der Waals surface area contributed by atoms with Crippen molar-refractivity contribution in [1.82, 2.24) is 0 Å². The zero-order chi connectivity index (χ0) is 5.70. The first-order valence-electron chi connectivity index (χ1n) is 2.31. The van der Waals surface area contributed by atoms with Gasteiger partial charge in [-0.3, -0.25) is 0 Å². The zero-order valence-electron chi connectivity index (χ0n) is 4.68. The van der Waals surface area contributed by atoms with Crippen LogP contribution in [0.2, 0.25) is 0 Å². The van der Waals surface area contributed by atoms with Crippen LogP contribution in [0.5, 0.6) is 0 Å². The van der Waals surface area contributed by atoms with E-state index in [1.54, 1.807) is 0 Å². The minimum atomic E-state index is 0.948. The first kappa shape index (κ1) is 6.16. The third kappa shape index (κ3) is 2.98. The molecule has 0 radical (unpaired) electrons. The Labute approximate surface area is 43.5 Å². The molecule has 0 aromatic carbocycles. The molecule has 0 rings (SSSR count). The van der Waals surface area contributed by atoms with Crippen LogP contribution in [0.3, 0.4) is 0 Å². The van der Waals surface area contributed by atoms with Crippen molar-refractivity contribution in [2.24, 2.45) is 0 Å². The topological polar surface area (TPSA) is 28.1 Å². The molecule has 0 spiro atoms. The summed E-state index contributed by atoms with van der Waals surface area (Å²) in [7, 11) is 0. The molecule has 7 heavy (non-hydrogen) atoms. The molecule has 0 unspecified atom stereocenters. The molecule has 0 aromatic rings. The smallest absolute Gasteiger partial charge is 0.0614 e. The Morgan fingerprint density at radius 3 is 2.57 bits per heavy atom. The SMILES string of the molecule is CC/C(C)=C/[N+]#N. The van der Waals surface area contributed by atoms with E-state index >= 15 is 0 Å². The fourth-order valence-electron chi connectivity index (χ4n) is 0.190. The molecule has 0 aliphatic rings. The van der Waals surface area contributed by atoms with Gasteiger partial charge < -0.3 is 0 Å². The summed E-state index contributed by atoms with van der Waals surface area (Å²) in [6.07, 6.45) is 2.39. The molecule has 0 saturated heterocycles. The maximum Gasteiger partial charge on any atom is 0.349 e. The lowest BCUT2D eigenvalue weighted by Crippen LogP contribution is -1.64. The van der Waals surface area contributed by atoms with Crippen LogP contribution in [0.25, 0.3) is 4.98 Å². The highest BCUT2D eigenvalue weighted by Crippen LogP contribution is 1.95. The van der Waals surface area contributed by atoms with E-state index in [9.17, 15) is 0 Å². The monoisotopic (exact) mass is 97.1 g/mol. The average Bonchev–Trinajstić information content (AvgIpc) is 1.68. The number of rotatable bonds is 1. The Morgan fingerprint density at radius 1 is 1.86 bits per heavy atom. The largest absolute Gasteiger partial charge is 0.349 e. The van der Waals surface area contributed by atoms with Crippen molar-refractivity contribution in [1.29, 1.82) is 5.39 Å². The highest BCUT2D eigenvalue weighted by molar-refractivity contribution is 5.00. The van der Waals surface area contributed by atoms with Crippen LogP contribution in [0.15, 0.2) is 11.8 Å². The summed E-state index contributed by atoms with van der Waals surface area (Å²) < 4.78 is 0. The Hall–Kier alpha value is -0.840. The van der Waals surface area contributed by atoms with Gasteiger partial charge in [-0.2, -0.15) is 0 Å². The van der Waals surface area contributed by atoms with Gasteiger partial charge >= 0.3 is 6.20 Å². The first-order chi connectivity index (χ1) is 3.31. The fourth-order valence-corrected chi connectivity index (χ4v) is 0.190. The molecule has 0 N–H and O–H groups in total. The quantitative estimate of drug-likeness (QED) is 0.461. The highest BCUT2D eigenvalue weighted by atomic mass is 14.8. The highest BCUT2D eigenvalue weighted by Gasteiger charge is 1.86. The van der Waals surface area contributed by atoms with E-state index in [1.165, 1.54) is 6.20 Å². The van der Waals surface area contributed by atoms with Crippen LogP contribution < -0.4 is 0 Å². The van der Waals surface area contributed by atoms with E-state index < -0.39 is 0 Å². The van der Waals surface area contributed by atoms with Crippen molar-refractivity contribution < 1.29 is 0 Å². The molecule has 0 amide bonds. The molecule has 0 heterocycles. The number of nitrogens with zero attached hydrogens (tertiary/aromatic N) is 2. The summed E-state index contributed by atoms with van der Waals surface area (Å²) >= 11 is 0. The summed E-state index contributed by atoms with van der Waals surface area (Å²) in [5, 5.41) is 7.92. The maximum atomic E-state index is 7.92. The van der Waals surface area contributed by atoms with Gasteiger partial charge in [-0.1, -0.05) is 6.92 Å². The van der Waals surface area contributed by atoms with Crippen LogP contribution in [0.4, 0.5) is 0 Å². The normalized spacial score (nSPS) is 10.7. The van der Waals surface area contributed by atoms with Gasteiger partial charge in [-0.15, -0.1) is 0 Å². The zero-order valence-corrected chi connectivity index (χ0v) is 4.68. The Morgan fingerprint density at radius 2 is 2.43 bits per heavy atom. The molecule has 2 heteroatoms. The van der Waals surface area contributed by atoms with E-state index in [1.807, 2.05) is 13.8 Å². The third-order valence-electron chi connectivity index (χ3n) is 0.836. The van der Waals surface area contributed by atoms with Crippen molar-refractivity contribution in [3.8, 4) is 0 Å². The molecule has 0 saturated carbocycles. The standard InChI is InChI=1S/C5H9N2/c1-3-5(2)4-7-6/h4H,3H2,1-2H3/q+1/b5-4+. The number of hydrogen-bond acceptors (Lipinski definition) is 1. The minimum Gasteiger partial charge on any atom is -0.0614 e. The lowest BCUT2D eigenvalue weighted by atomic mass is 10.3. The lowest BCUT2D eigenvalue weighted by Gasteiger charge is -1.76. The van der Waals surface area contributed by atoms with Crippen molar-refractivity contribution in [2.45, 2.75) is 20.3 Å². The van der Waals surface area contributed by atoms with Gasteiger partial charge in [-0.25, -0.2) is 0 Å². The van der Waals surface area contributed by atoms with Crippen molar-refractivity contribution in [2.75, 3.05) is 0 Å². The predicted octanol–water partition coefficient (Wildman–Crippen LogP) is 2.15. The lowest BCUT2D eigenvalue weighted by molar-refractivity contribution is 1.10. The Balaban J connectivity index is 3.56. The fraction of sp³-hybridized carbons (Fsp3) is 0.600. The molecule has 0 aromatic heterocycles. The third-order valence-corrected chi connectivity index (χ3v) is 0.836. The summed E-state index contributed by atoms with van der Waals surface area (Å²) in [5.74, 6) is 0. The van der Waals surface area contributed by atoms with Gasteiger partial charge in [0, 0.05) is 5.57 Å². The number of allylic oxidation sites excluding steroid dienone is 1. The van der Waals surface area contributed by atoms with E-state index in [4.69, 9.17) is 5.39 Å². The van der Waals surface area contributed by atoms with Gasteiger partial charge in [0.1, 0.15) is 0 Å². The van der Waals surface area contributed by atoms with Crippen LogP contribution in [-0.4, -0.2) is 0 Å². The van der Waals surface area contributed by atoms with Crippen LogP contribution in [0, 0.1) is 5.39 Å². The van der Waals surface area contributed by atoms with Gasteiger partial charge in [0.05, 0.1) is 0 Å². The molecule has 2 nitrogen and oxygen atoms in total. The van der Waals surface area contributed by atoms with Crippen LogP contribution >= 0.6 is 0 Å². The average molecular weight is 97.1 g/mol. The van der Waals surface area contributed by atoms with Gasteiger partial charge in [0.2, 0.25) is 5.39 Å². The maximum absolute atomic E-state index is 7.92. The molecular formula is C5H9N2+. The van der Waals surface area contributed by atoms with Crippen molar-refractivity contribution in [3.63, 3.8) is 0 Å². The first-order valence-corrected chi connectivity index (χ1v) is 2.31.